The van der Waals surface area contributed by atoms with E-state index in [1.807, 2.05) is 30.3 Å². The van der Waals surface area contributed by atoms with Gasteiger partial charge in [0.15, 0.2) is 5.78 Å². The van der Waals surface area contributed by atoms with Gasteiger partial charge in [0.05, 0.1) is 19.5 Å². The Morgan fingerprint density at radius 1 is 1.33 bits per heavy atom. The average molecular weight is 270 g/mol. The predicted molar refractivity (Wildman–Crippen MR) is 66.2 cm³/mol. The second kappa shape index (κ2) is 7.52. The molecule has 100 valence electrons. The Kier molecular flexibility index (Phi) is 6.33. The number of hydrogen-bond acceptors (Lipinski definition) is 2. The number of aliphatic hydroxyl groups excluding tert-OH is 1. The van der Waals surface area contributed by atoms with Crippen LogP contribution in [0.1, 0.15) is 29.6 Å². The van der Waals surface area contributed by atoms with E-state index in [0.29, 0.717) is 6.42 Å². The van der Waals surface area contributed by atoms with Gasteiger partial charge in [-0.15, -0.1) is 0 Å². The molecule has 18 heavy (non-hydrogen) atoms. The van der Waals surface area contributed by atoms with Gasteiger partial charge in [0.1, 0.15) is 12.6 Å². The maximum absolute atomic E-state index is 11.9. The van der Waals surface area contributed by atoms with Crippen LogP contribution in [0.5, 0.6) is 0 Å². The van der Waals surface area contributed by atoms with Crippen molar-refractivity contribution in [3.63, 3.8) is 0 Å². The number of aliphatic hydroxyl groups is 1. The molecule has 0 amide bonds. The van der Waals surface area contributed by atoms with Crippen molar-refractivity contribution < 1.29 is 27.2 Å². The molecule has 1 aliphatic heterocycles. The third-order valence-corrected chi connectivity index (χ3v) is 3.39. The topological polar surface area (TPSA) is 41.7 Å². The smallest absolute Gasteiger partial charge is 0.168 e. The first-order valence-corrected chi connectivity index (χ1v) is 6.35. The molecule has 1 fully saturated rings. The van der Waals surface area contributed by atoms with Gasteiger partial charge < -0.3 is 22.4 Å². The summed E-state index contributed by atoms with van der Waals surface area (Å²) in [5, 5.41) is 9.56. The molecule has 0 bridgehead atoms. The number of Topliss-reactive ketones (excluding diaryl/α,β-unsaturated/α-hetero) is 1. The molecule has 3 nitrogen and oxygen atoms in total. The molecule has 4 heteroatoms. The molecule has 0 spiro atoms. The van der Waals surface area contributed by atoms with Gasteiger partial charge in [-0.3, -0.25) is 4.79 Å². The zero-order valence-corrected chi connectivity index (χ0v) is 11.2. The lowest BCUT2D eigenvalue weighted by atomic mass is 10.1. The fourth-order valence-corrected chi connectivity index (χ4v) is 2.41. The van der Waals surface area contributed by atoms with E-state index in [9.17, 15) is 9.90 Å². The first-order valence-electron chi connectivity index (χ1n) is 6.35. The third kappa shape index (κ3) is 4.41. The second-order valence-corrected chi connectivity index (χ2v) is 4.79. The second-order valence-electron chi connectivity index (χ2n) is 4.79. The lowest BCUT2D eigenvalue weighted by Crippen LogP contribution is -3.14. The van der Waals surface area contributed by atoms with Crippen LogP contribution in [0.15, 0.2) is 30.3 Å². The van der Waals surface area contributed by atoms with Gasteiger partial charge in [0.25, 0.3) is 0 Å². The summed E-state index contributed by atoms with van der Waals surface area (Å²) in [6.45, 7) is 2.71. The van der Waals surface area contributed by atoms with Crippen molar-refractivity contribution in [2.45, 2.75) is 25.4 Å². The number of halogens is 1. The van der Waals surface area contributed by atoms with E-state index in [-0.39, 0.29) is 24.3 Å². The maximum atomic E-state index is 11.9. The summed E-state index contributed by atoms with van der Waals surface area (Å²) in [5.41, 5.74) is 0.796. The largest absolute Gasteiger partial charge is 1.00 e. The SMILES string of the molecule is O=C(CC[NH+]1CCCC(O)C1)c1ccccc1.[Cl-]. The Morgan fingerprint density at radius 3 is 2.72 bits per heavy atom. The van der Waals surface area contributed by atoms with Crippen LogP contribution < -0.4 is 17.3 Å². The number of quaternary nitrogens is 1. The highest BCUT2D eigenvalue weighted by Gasteiger charge is 2.21. The molecular formula is C14H20ClNO2. The van der Waals surface area contributed by atoms with Crippen molar-refractivity contribution in [3.05, 3.63) is 35.9 Å². The number of piperidine rings is 1. The molecule has 1 heterocycles. The van der Waals surface area contributed by atoms with Crippen molar-refractivity contribution in [2.75, 3.05) is 19.6 Å². The minimum absolute atomic E-state index is 0. The summed E-state index contributed by atoms with van der Waals surface area (Å²) < 4.78 is 0. The van der Waals surface area contributed by atoms with E-state index in [0.717, 1.165) is 38.0 Å². The number of hydrogen-bond donors (Lipinski definition) is 2. The molecule has 0 radical (unpaired) electrons. The number of carbonyl (C=O) groups excluding carboxylic acids is 1. The van der Waals surface area contributed by atoms with E-state index in [1.165, 1.54) is 4.90 Å². The highest BCUT2D eigenvalue weighted by Crippen LogP contribution is 2.02. The van der Waals surface area contributed by atoms with Crippen molar-refractivity contribution in [2.24, 2.45) is 0 Å². The Labute approximate surface area is 114 Å². The minimum Gasteiger partial charge on any atom is -1.00 e. The van der Waals surface area contributed by atoms with Crippen LogP contribution in [0.2, 0.25) is 0 Å². The Morgan fingerprint density at radius 2 is 2.06 bits per heavy atom. The first kappa shape index (κ1) is 15.2. The molecule has 2 unspecified atom stereocenters. The lowest BCUT2D eigenvalue weighted by molar-refractivity contribution is -0.907. The fraction of sp³-hybridized carbons (Fsp3) is 0.500. The van der Waals surface area contributed by atoms with Crippen LogP contribution >= 0.6 is 0 Å². The van der Waals surface area contributed by atoms with E-state index in [4.69, 9.17) is 0 Å². The number of likely N-dealkylation sites (tertiary alicyclic amines) is 1. The normalized spacial score (nSPS) is 23.2. The predicted octanol–water partition coefficient (Wildman–Crippen LogP) is -2.70. The van der Waals surface area contributed by atoms with Gasteiger partial charge in [-0.1, -0.05) is 30.3 Å². The molecule has 2 atom stereocenters. The summed E-state index contributed by atoms with van der Waals surface area (Å²) in [6, 6.07) is 9.43. The molecule has 0 aliphatic carbocycles. The Bertz CT molecular complexity index is 369. The molecule has 0 saturated carbocycles. The van der Waals surface area contributed by atoms with Gasteiger partial charge >= 0.3 is 0 Å². The molecule has 1 saturated heterocycles. The summed E-state index contributed by atoms with van der Waals surface area (Å²) >= 11 is 0. The molecule has 2 rings (SSSR count). The Hall–Kier alpha value is -0.900. The van der Waals surface area contributed by atoms with Gasteiger partial charge in [0, 0.05) is 5.56 Å². The molecule has 1 aliphatic rings. The van der Waals surface area contributed by atoms with Crippen molar-refractivity contribution in [3.8, 4) is 0 Å². The summed E-state index contributed by atoms with van der Waals surface area (Å²) in [5.74, 6) is 0.207. The van der Waals surface area contributed by atoms with E-state index in [2.05, 4.69) is 0 Å². The molecular weight excluding hydrogens is 250 g/mol. The van der Waals surface area contributed by atoms with Crippen molar-refractivity contribution in [1.82, 2.24) is 0 Å². The van der Waals surface area contributed by atoms with Crippen LogP contribution in [0.25, 0.3) is 0 Å². The van der Waals surface area contributed by atoms with Gasteiger partial charge in [-0.05, 0) is 12.8 Å². The van der Waals surface area contributed by atoms with Crippen LogP contribution in [-0.2, 0) is 0 Å². The van der Waals surface area contributed by atoms with E-state index >= 15 is 0 Å². The first-order chi connectivity index (χ1) is 8.25. The number of carbonyl (C=O) groups is 1. The van der Waals surface area contributed by atoms with Gasteiger partial charge in [0.2, 0.25) is 0 Å². The maximum Gasteiger partial charge on any atom is 0.168 e. The summed E-state index contributed by atoms with van der Waals surface area (Å²) in [4.78, 5) is 13.2. The highest BCUT2D eigenvalue weighted by atomic mass is 35.5. The fourth-order valence-electron chi connectivity index (χ4n) is 2.41. The number of benzene rings is 1. The average Bonchev–Trinajstić information content (AvgIpc) is 2.37. The highest BCUT2D eigenvalue weighted by molar-refractivity contribution is 5.95. The molecule has 1 aromatic carbocycles. The molecule has 0 aromatic heterocycles. The van der Waals surface area contributed by atoms with Crippen LogP contribution in [0.4, 0.5) is 0 Å². The van der Waals surface area contributed by atoms with E-state index < -0.39 is 0 Å². The molecule has 2 N–H and O–H groups in total. The van der Waals surface area contributed by atoms with Gasteiger partial charge in [-0.2, -0.15) is 0 Å². The number of rotatable bonds is 4. The lowest BCUT2D eigenvalue weighted by Gasteiger charge is -2.26. The third-order valence-electron chi connectivity index (χ3n) is 3.39. The zero-order valence-electron chi connectivity index (χ0n) is 10.4. The van der Waals surface area contributed by atoms with Crippen molar-refractivity contribution in [1.29, 1.82) is 0 Å². The van der Waals surface area contributed by atoms with Crippen LogP contribution in [0.3, 0.4) is 0 Å². The molecule has 1 aromatic rings. The van der Waals surface area contributed by atoms with E-state index in [1.54, 1.807) is 0 Å². The Balaban J connectivity index is 0.00000162. The van der Waals surface area contributed by atoms with Crippen LogP contribution in [-0.4, -0.2) is 36.6 Å². The quantitative estimate of drug-likeness (QED) is 0.585. The minimum atomic E-state index is -0.175. The monoisotopic (exact) mass is 269 g/mol. The van der Waals surface area contributed by atoms with Gasteiger partial charge in [-0.25, -0.2) is 0 Å². The number of ketones is 1. The van der Waals surface area contributed by atoms with Crippen molar-refractivity contribution >= 4 is 5.78 Å². The zero-order chi connectivity index (χ0) is 12.1. The summed E-state index contributed by atoms with van der Waals surface area (Å²) in [7, 11) is 0. The van der Waals surface area contributed by atoms with Crippen LogP contribution in [0, 0.1) is 0 Å². The standard InChI is InChI=1S/C14H19NO2.ClH/c16-13-7-4-9-15(11-13)10-8-14(17)12-5-2-1-3-6-12;/h1-3,5-6,13,16H,4,7-11H2;1H. The summed E-state index contributed by atoms with van der Waals surface area (Å²) in [6.07, 6.45) is 2.38. The number of nitrogens with one attached hydrogen (secondary N) is 1.